The lowest BCUT2D eigenvalue weighted by molar-refractivity contribution is -0.137. The van der Waals surface area contributed by atoms with Gasteiger partial charge in [0.2, 0.25) is 5.13 Å². The van der Waals surface area contributed by atoms with Crippen LogP contribution in [0.5, 0.6) is 17.2 Å². The second-order valence-corrected chi connectivity index (χ2v) is 10.0. The highest BCUT2D eigenvalue weighted by Crippen LogP contribution is 2.39. The minimum atomic E-state index is -4.59. The predicted octanol–water partition coefficient (Wildman–Crippen LogP) is 6.01. The molecular formula is C25H21F3N4O4S2. The third-order valence-electron chi connectivity index (χ3n) is 5.48. The van der Waals surface area contributed by atoms with Crippen molar-refractivity contribution in [2.24, 2.45) is 0 Å². The van der Waals surface area contributed by atoms with Crippen LogP contribution in [-0.2, 0) is 21.9 Å². The first-order chi connectivity index (χ1) is 18.2. The molecule has 1 aliphatic carbocycles. The first kappa shape index (κ1) is 27.2. The van der Waals surface area contributed by atoms with Crippen molar-refractivity contribution in [3.63, 3.8) is 0 Å². The number of aromatic nitrogens is 2. The largest absolute Gasteiger partial charge is 0.497 e. The van der Waals surface area contributed by atoms with Crippen LogP contribution in [0.4, 0.5) is 18.3 Å². The second kappa shape index (κ2) is 11.7. The Morgan fingerprint density at radius 3 is 2.50 bits per heavy atom. The maximum atomic E-state index is 13.7. The summed E-state index contributed by atoms with van der Waals surface area (Å²) in [6.07, 6.45) is 1.01. The molecule has 0 aliphatic heterocycles. The monoisotopic (exact) mass is 562 g/mol. The SMILES string of the molecule is COC1=CCCC=C1CN(c1nncs1)S(=O)c1ccc(Oc2cc(C(F)(F)F)ccc2OC)c(C#N)c1. The van der Waals surface area contributed by atoms with Crippen molar-refractivity contribution in [2.45, 2.75) is 23.9 Å². The van der Waals surface area contributed by atoms with Crippen LogP contribution in [-0.4, -0.2) is 35.2 Å². The molecule has 1 aliphatic rings. The molecule has 1 atom stereocenters. The molecule has 4 rings (SSSR count). The second-order valence-electron chi connectivity index (χ2n) is 7.82. The van der Waals surface area contributed by atoms with Crippen LogP contribution < -0.4 is 13.8 Å². The molecule has 2 aromatic carbocycles. The van der Waals surface area contributed by atoms with Gasteiger partial charge in [-0.05, 0) is 55.3 Å². The fourth-order valence-electron chi connectivity index (χ4n) is 3.66. The molecule has 1 aromatic heterocycles. The Morgan fingerprint density at radius 2 is 1.84 bits per heavy atom. The number of hydrogen-bond acceptors (Lipinski definition) is 8. The summed E-state index contributed by atoms with van der Waals surface area (Å²) < 4.78 is 71.2. The van der Waals surface area contributed by atoms with E-state index in [1.54, 1.807) is 7.11 Å². The maximum Gasteiger partial charge on any atom is 0.416 e. The summed E-state index contributed by atoms with van der Waals surface area (Å²) in [4.78, 5) is 0.263. The van der Waals surface area contributed by atoms with Crippen molar-refractivity contribution < 1.29 is 31.6 Å². The molecule has 38 heavy (non-hydrogen) atoms. The van der Waals surface area contributed by atoms with Gasteiger partial charge in [0.1, 0.15) is 23.1 Å². The topological polar surface area (TPSA) is 97.6 Å². The number of halogens is 3. The van der Waals surface area contributed by atoms with Gasteiger partial charge in [-0.1, -0.05) is 17.4 Å². The van der Waals surface area contributed by atoms with Crippen molar-refractivity contribution in [1.82, 2.24) is 10.2 Å². The van der Waals surface area contributed by atoms with Gasteiger partial charge in [-0.25, -0.2) is 4.21 Å². The molecule has 13 heteroatoms. The van der Waals surface area contributed by atoms with Gasteiger partial charge in [0.05, 0.1) is 36.8 Å². The highest BCUT2D eigenvalue weighted by Gasteiger charge is 2.32. The predicted molar refractivity (Wildman–Crippen MR) is 135 cm³/mol. The molecule has 198 valence electrons. The number of alkyl halides is 3. The number of allylic oxidation sites excluding steroid dienone is 2. The van der Waals surface area contributed by atoms with Crippen LogP contribution in [0.3, 0.4) is 0 Å². The molecule has 8 nitrogen and oxygen atoms in total. The standard InChI is InChI=1S/C25H21F3N4O4S2/c1-34-20-6-4-3-5-16(20)14-32(24-31-30-15-37-24)38(33)19-8-10-21(17(11-19)13-29)36-23-12-18(25(26,27)28)7-9-22(23)35-2/h5-12,15H,3-4,14H2,1-2H3. The van der Waals surface area contributed by atoms with Gasteiger partial charge >= 0.3 is 6.18 Å². The first-order valence-electron chi connectivity index (χ1n) is 11.1. The normalized spacial score (nSPS) is 14.1. The number of hydrogen-bond donors (Lipinski definition) is 0. The van der Waals surface area contributed by atoms with Crippen LogP contribution in [0.25, 0.3) is 0 Å². The highest BCUT2D eigenvalue weighted by atomic mass is 32.2. The summed E-state index contributed by atoms with van der Waals surface area (Å²) in [5.74, 6) is 0.498. The summed E-state index contributed by atoms with van der Waals surface area (Å²) in [5.41, 5.74) is 1.39. The molecule has 0 spiro atoms. The molecule has 0 bridgehead atoms. The van der Waals surface area contributed by atoms with Crippen LogP contribution in [0, 0.1) is 11.3 Å². The number of nitrogens with zero attached hydrogens (tertiary/aromatic N) is 4. The summed E-state index contributed by atoms with van der Waals surface area (Å²) in [7, 11) is 1.04. The Kier molecular flexibility index (Phi) is 8.33. The van der Waals surface area contributed by atoms with Gasteiger partial charge in [-0.3, -0.25) is 4.31 Å². The zero-order valence-electron chi connectivity index (χ0n) is 20.2. The van der Waals surface area contributed by atoms with E-state index in [-0.39, 0.29) is 34.3 Å². The summed E-state index contributed by atoms with van der Waals surface area (Å²) in [6.45, 7) is 0.211. The molecule has 0 saturated heterocycles. The van der Waals surface area contributed by atoms with E-state index in [1.165, 1.54) is 46.5 Å². The minimum absolute atomic E-state index is 0.0204. The lowest BCUT2D eigenvalue weighted by atomic mass is 10.1. The summed E-state index contributed by atoms with van der Waals surface area (Å²) in [6, 6.07) is 8.98. The highest BCUT2D eigenvalue weighted by molar-refractivity contribution is 7.86. The van der Waals surface area contributed by atoms with Gasteiger partial charge in [0.25, 0.3) is 0 Å². The molecule has 1 heterocycles. The van der Waals surface area contributed by atoms with Gasteiger partial charge in [0, 0.05) is 5.57 Å². The van der Waals surface area contributed by atoms with E-state index in [0.717, 1.165) is 36.6 Å². The van der Waals surface area contributed by atoms with Crippen molar-refractivity contribution in [1.29, 1.82) is 5.26 Å². The summed E-state index contributed by atoms with van der Waals surface area (Å²) in [5, 5.41) is 18.1. The van der Waals surface area contributed by atoms with E-state index in [0.29, 0.717) is 10.9 Å². The lowest BCUT2D eigenvalue weighted by Crippen LogP contribution is -2.29. The number of ether oxygens (including phenoxy) is 3. The zero-order chi connectivity index (χ0) is 27.3. The fourth-order valence-corrected chi connectivity index (χ4v) is 5.55. The van der Waals surface area contributed by atoms with Gasteiger partial charge in [0.15, 0.2) is 22.5 Å². The number of methoxy groups -OCH3 is 2. The van der Waals surface area contributed by atoms with Crippen molar-refractivity contribution in [2.75, 3.05) is 25.1 Å². The molecule has 0 N–H and O–H groups in total. The number of anilines is 1. The van der Waals surface area contributed by atoms with E-state index < -0.39 is 22.7 Å². The average molecular weight is 563 g/mol. The molecule has 0 saturated carbocycles. The van der Waals surface area contributed by atoms with Crippen LogP contribution in [0.15, 0.2) is 70.3 Å². The Labute approximate surface area is 223 Å². The van der Waals surface area contributed by atoms with E-state index in [1.807, 2.05) is 18.2 Å². The van der Waals surface area contributed by atoms with Crippen LogP contribution in [0.1, 0.15) is 24.0 Å². The Morgan fingerprint density at radius 1 is 1.08 bits per heavy atom. The summed E-state index contributed by atoms with van der Waals surface area (Å²) >= 11 is 1.20. The van der Waals surface area contributed by atoms with Crippen LogP contribution in [0.2, 0.25) is 0 Å². The molecule has 0 radical (unpaired) electrons. The van der Waals surface area contributed by atoms with Crippen molar-refractivity contribution >= 4 is 27.5 Å². The lowest BCUT2D eigenvalue weighted by Gasteiger charge is -2.24. The van der Waals surface area contributed by atoms with E-state index in [4.69, 9.17) is 14.2 Å². The maximum absolute atomic E-state index is 13.7. The van der Waals surface area contributed by atoms with E-state index in [2.05, 4.69) is 10.2 Å². The third-order valence-corrected chi connectivity index (χ3v) is 7.67. The smallest absolute Gasteiger partial charge is 0.416 e. The number of nitriles is 1. The molecule has 1 unspecified atom stereocenters. The molecule has 0 amide bonds. The molecular weight excluding hydrogens is 541 g/mol. The third kappa shape index (κ3) is 5.98. The number of benzene rings is 2. The Hall–Kier alpha value is -3.89. The zero-order valence-corrected chi connectivity index (χ0v) is 21.8. The molecule has 0 fully saturated rings. The van der Waals surface area contributed by atoms with E-state index in [9.17, 15) is 22.6 Å². The average Bonchev–Trinajstić information content (AvgIpc) is 3.46. The first-order valence-corrected chi connectivity index (χ1v) is 13.1. The quantitative estimate of drug-likeness (QED) is 0.315. The van der Waals surface area contributed by atoms with E-state index >= 15 is 0 Å². The van der Waals surface area contributed by atoms with Crippen molar-refractivity contribution in [3.8, 4) is 23.3 Å². The fraction of sp³-hybridized carbons (Fsp3) is 0.240. The van der Waals surface area contributed by atoms with Crippen molar-refractivity contribution in [3.05, 3.63) is 76.5 Å². The van der Waals surface area contributed by atoms with Crippen LogP contribution >= 0.6 is 11.3 Å². The Bertz CT molecular complexity index is 1430. The van der Waals surface area contributed by atoms with Gasteiger partial charge in [-0.15, -0.1) is 10.2 Å². The van der Waals surface area contributed by atoms with Gasteiger partial charge in [-0.2, -0.15) is 18.4 Å². The van der Waals surface area contributed by atoms with Gasteiger partial charge < -0.3 is 14.2 Å². The Balaban J connectivity index is 1.65. The molecule has 3 aromatic rings. The number of rotatable bonds is 9. The minimum Gasteiger partial charge on any atom is -0.497 e.